The first-order valence-electron chi connectivity index (χ1n) is 4.17. The molecule has 1 aromatic rings. The molecule has 0 saturated carbocycles. The highest BCUT2D eigenvalue weighted by molar-refractivity contribution is 5.76. The molecule has 0 aliphatic carbocycles. The summed E-state index contributed by atoms with van der Waals surface area (Å²) in [5, 5.41) is 3.02. The summed E-state index contributed by atoms with van der Waals surface area (Å²) < 4.78 is 12.5. The summed E-state index contributed by atoms with van der Waals surface area (Å²) in [7, 11) is 0. The van der Waals surface area contributed by atoms with E-state index in [9.17, 15) is 9.18 Å². The highest BCUT2D eigenvalue weighted by atomic mass is 19.1. The van der Waals surface area contributed by atoms with Crippen LogP contribution in [-0.2, 0) is 4.79 Å². The van der Waals surface area contributed by atoms with Crippen molar-refractivity contribution >= 4 is 11.5 Å². The Bertz CT molecular complexity index is 281. The molecule has 13 heavy (non-hydrogen) atoms. The van der Waals surface area contributed by atoms with Crippen LogP contribution in [-0.4, -0.2) is 12.3 Å². The molecule has 0 unspecified atom stereocenters. The molecule has 0 fully saturated rings. The number of carbonyl (C=O) groups excluding carboxylic acids is 1. The Morgan fingerprint density at radius 1 is 1.38 bits per heavy atom. The molecular formula is C10H12FNO. The fraction of sp³-hybridized carbons (Fsp3) is 0.300. The quantitative estimate of drug-likeness (QED) is 0.771. The first-order chi connectivity index (χ1) is 6.18. The zero-order valence-corrected chi connectivity index (χ0v) is 7.51. The molecule has 0 aromatic heterocycles. The van der Waals surface area contributed by atoms with Gasteiger partial charge in [-0.1, -0.05) is 0 Å². The molecule has 0 aliphatic heterocycles. The molecule has 1 rings (SSSR count). The molecule has 0 heterocycles. The number of halogens is 1. The van der Waals surface area contributed by atoms with E-state index in [4.69, 9.17) is 0 Å². The lowest BCUT2D eigenvalue weighted by molar-refractivity contribution is -0.116. The summed E-state index contributed by atoms with van der Waals surface area (Å²) in [6.07, 6.45) is 0.497. The molecule has 0 atom stereocenters. The van der Waals surface area contributed by atoms with Crippen LogP contribution in [0.15, 0.2) is 24.3 Å². The highest BCUT2D eigenvalue weighted by Crippen LogP contribution is 2.07. The number of hydrogen-bond donors (Lipinski definition) is 1. The third kappa shape index (κ3) is 3.69. The van der Waals surface area contributed by atoms with Crippen LogP contribution in [0, 0.1) is 5.82 Å². The molecule has 3 heteroatoms. The lowest BCUT2D eigenvalue weighted by Crippen LogP contribution is -2.05. The molecule has 2 nitrogen and oxygen atoms in total. The molecular weight excluding hydrogens is 169 g/mol. The Morgan fingerprint density at radius 2 is 2.00 bits per heavy atom. The largest absolute Gasteiger partial charge is 0.385 e. The average Bonchev–Trinajstić information content (AvgIpc) is 2.08. The summed E-state index contributed by atoms with van der Waals surface area (Å²) in [5.74, 6) is -0.105. The second-order valence-corrected chi connectivity index (χ2v) is 2.89. The van der Waals surface area contributed by atoms with Crippen molar-refractivity contribution in [2.24, 2.45) is 0 Å². The van der Waals surface area contributed by atoms with Gasteiger partial charge >= 0.3 is 0 Å². The first-order valence-corrected chi connectivity index (χ1v) is 4.17. The molecule has 0 saturated heterocycles. The first kappa shape index (κ1) is 9.71. The summed E-state index contributed by atoms with van der Waals surface area (Å²) in [6.45, 7) is 2.15. The fourth-order valence-corrected chi connectivity index (χ4v) is 0.951. The van der Waals surface area contributed by atoms with Gasteiger partial charge in [-0.25, -0.2) is 4.39 Å². The van der Waals surface area contributed by atoms with Crippen LogP contribution >= 0.6 is 0 Å². The van der Waals surface area contributed by atoms with Crippen LogP contribution in [0.25, 0.3) is 0 Å². The summed E-state index contributed by atoms with van der Waals surface area (Å²) in [4.78, 5) is 10.6. The average molecular weight is 181 g/mol. The monoisotopic (exact) mass is 181 g/mol. The van der Waals surface area contributed by atoms with Crippen molar-refractivity contribution < 1.29 is 9.18 Å². The van der Waals surface area contributed by atoms with Crippen LogP contribution in [0.1, 0.15) is 13.3 Å². The number of benzene rings is 1. The topological polar surface area (TPSA) is 29.1 Å². The van der Waals surface area contributed by atoms with E-state index >= 15 is 0 Å². The SMILES string of the molecule is CC(=O)CCNc1ccc(F)cc1. The third-order valence-electron chi connectivity index (χ3n) is 1.65. The summed E-state index contributed by atoms with van der Waals surface area (Å²) in [6, 6.07) is 6.07. The van der Waals surface area contributed by atoms with E-state index in [1.165, 1.54) is 12.1 Å². The van der Waals surface area contributed by atoms with Crippen molar-refractivity contribution in [3.63, 3.8) is 0 Å². The molecule has 0 spiro atoms. The van der Waals surface area contributed by atoms with Gasteiger partial charge in [-0.05, 0) is 31.2 Å². The fourth-order valence-electron chi connectivity index (χ4n) is 0.951. The van der Waals surface area contributed by atoms with Crippen molar-refractivity contribution in [3.05, 3.63) is 30.1 Å². The Balaban J connectivity index is 2.37. The highest BCUT2D eigenvalue weighted by Gasteiger charge is 1.94. The molecule has 0 aliphatic rings. The van der Waals surface area contributed by atoms with Crippen LogP contribution in [0.2, 0.25) is 0 Å². The van der Waals surface area contributed by atoms with E-state index in [2.05, 4.69) is 5.32 Å². The van der Waals surface area contributed by atoms with E-state index in [-0.39, 0.29) is 11.6 Å². The van der Waals surface area contributed by atoms with Crippen LogP contribution in [0.5, 0.6) is 0 Å². The normalized spacial score (nSPS) is 9.69. The van der Waals surface area contributed by atoms with E-state index in [1.54, 1.807) is 19.1 Å². The standard InChI is InChI=1S/C10H12FNO/c1-8(13)6-7-12-10-4-2-9(11)3-5-10/h2-5,12H,6-7H2,1H3. The summed E-state index contributed by atoms with van der Waals surface area (Å²) >= 11 is 0. The predicted octanol–water partition coefficient (Wildman–Crippen LogP) is 2.22. The summed E-state index contributed by atoms with van der Waals surface area (Å²) in [5.41, 5.74) is 0.836. The molecule has 1 N–H and O–H groups in total. The third-order valence-corrected chi connectivity index (χ3v) is 1.65. The van der Waals surface area contributed by atoms with E-state index in [0.717, 1.165) is 5.69 Å². The van der Waals surface area contributed by atoms with E-state index < -0.39 is 0 Å². The minimum Gasteiger partial charge on any atom is -0.385 e. The van der Waals surface area contributed by atoms with Gasteiger partial charge in [0.15, 0.2) is 0 Å². The van der Waals surface area contributed by atoms with Crippen molar-refractivity contribution in [2.75, 3.05) is 11.9 Å². The smallest absolute Gasteiger partial charge is 0.131 e. The van der Waals surface area contributed by atoms with Crippen LogP contribution in [0.4, 0.5) is 10.1 Å². The Morgan fingerprint density at radius 3 is 2.54 bits per heavy atom. The van der Waals surface area contributed by atoms with Gasteiger partial charge in [-0.3, -0.25) is 4.79 Å². The Hall–Kier alpha value is -1.38. The van der Waals surface area contributed by atoms with Gasteiger partial charge in [0.25, 0.3) is 0 Å². The second kappa shape index (κ2) is 4.60. The van der Waals surface area contributed by atoms with Gasteiger partial charge in [-0.15, -0.1) is 0 Å². The number of nitrogens with one attached hydrogen (secondary N) is 1. The number of Topliss-reactive ketones (excluding diaryl/α,β-unsaturated/α-hetero) is 1. The van der Waals surface area contributed by atoms with E-state index in [1.807, 2.05) is 0 Å². The molecule has 1 aromatic carbocycles. The van der Waals surface area contributed by atoms with Crippen molar-refractivity contribution in [1.82, 2.24) is 0 Å². The number of carbonyl (C=O) groups is 1. The predicted molar refractivity (Wildman–Crippen MR) is 50.2 cm³/mol. The van der Waals surface area contributed by atoms with Crippen molar-refractivity contribution in [2.45, 2.75) is 13.3 Å². The lowest BCUT2D eigenvalue weighted by atomic mass is 10.3. The maximum absolute atomic E-state index is 12.5. The number of hydrogen-bond acceptors (Lipinski definition) is 2. The number of rotatable bonds is 4. The van der Waals surface area contributed by atoms with Crippen molar-refractivity contribution in [1.29, 1.82) is 0 Å². The molecule has 0 bridgehead atoms. The molecule has 70 valence electrons. The molecule has 0 amide bonds. The number of ketones is 1. The van der Waals surface area contributed by atoms with Gasteiger partial charge in [0.1, 0.15) is 11.6 Å². The maximum atomic E-state index is 12.5. The molecule has 0 radical (unpaired) electrons. The second-order valence-electron chi connectivity index (χ2n) is 2.89. The van der Waals surface area contributed by atoms with Crippen molar-refractivity contribution in [3.8, 4) is 0 Å². The number of anilines is 1. The minimum absolute atomic E-state index is 0.148. The van der Waals surface area contributed by atoms with E-state index in [0.29, 0.717) is 13.0 Å². The Kier molecular flexibility index (Phi) is 3.43. The lowest BCUT2D eigenvalue weighted by Gasteiger charge is -2.03. The van der Waals surface area contributed by atoms with Gasteiger partial charge in [0.2, 0.25) is 0 Å². The van der Waals surface area contributed by atoms with Gasteiger partial charge in [0, 0.05) is 18.7 Å². The Labute approximate surface area is 76.8 Å². The van der Waals surface area contributed by atoms with Crippen LogP contribution in [0.3, 0.4) is 0 Å². The maximum Gasteiger partial charge on any atom is 0.131 e. The van der Waals surface area contributed by atoms with Gasteiger partial charge in [-0.2, -0.15) is 0 Å². The zero-order chi connectivity index (χ0) is 9.68. The van der Waals surface area contributed by atoms with Gasteiger partial charge < -0.3 is 5.32 Å². The zero-order valence-electron chi connectivity index (χ0n) is 7.51. The minimum atomic E-state index is -0.253. The van der Waals surface area contributed by atoms with Gasteiger partial charge in [0.05, 0.1) is 0 Å². The van der Waals surface area contributed by atoms with Crippen LogP contribution < -0.4 is 5.32 Å².